The van der Waals surface area contributed by atoms with E-state index in [-0.39, 0.29) is 22.8 Å². The third-order valence-electron chi connectivity index (χ3n) is 4.92. The van der Waals surface area contributed by atoms with Crippen molar-refractivity contribution in [2.75, 3.05) is 23.0 Å². The summed E-state index contributed by atoms with van der Waals surface area (Å²) in [5, 5.41) is 9.84. The molecule has 0 aromatic heterocycles. The summed E-state index contributed by atoms with van der Waals surface area (Å²) in [4.78, 5) is 6.86. The number of hydrogen-bond acceptors (Lipinski definition) is 7. The van der Waals surface area contributed by atoms with Crippen molar-refractivity contribution in [1.29, 1.82) is 5.26 Å². The summed E-state index contributed by atoms with van der Waals surface area (Å²) in [6, 6.07) is 17.3. The molecule has 0 amide bonds. The Bertz CT molecular complexity index is 1060. The Morgan fingerprint density at radius 1 is 1.17 bits per heavy atom. The zero-order chi connectivity index (χ0) is 20.4. The predicted octanol–water partition coefficient (Wildman–Crippen LogP) is 3.23. The van der Waals surface area contributed by atoms with Crippen molar-refractivity contribution in [1.82, 2.24) is 0 Å². The van der Waals surface area contributed by atoms with Crippen molar-refractivity contribution in [3.05, 3.63) is 59.7 Å². The summed E-state index contributed by atoms with van der Waals surface area (Å²) >= 11 is 1.54. The van der Waals surface area contributed by atoms with Crippen LogP contribution in [0.1, 0.15) is 18.1 Å². The topological polar surface area (TPSA) is 82.8 Å². The molecule has 2 atom stereocenters. The maximum Gasteiger partial charge on any atom is 0.164 e. The molecule has 2 aromatic carbocycles. The summed E-state index contributed by atoms with van der Waals surface area (Å²) < 4.78 is 29.4. The van der Waals surface area contributed by atoms with Gasteiger partial charge in [0.05, 0.1) is 42.3 Å². The molecule has 0 aliphatic carbocycles. The van der Waals surface area contributed by atoms with Gasteiger partial charge in [-0.15, -0.1) is 0 Å². The minimum atomic E-state index is -2.99. The van der Waals surface area contributed by atoms with Gasteiger partial charge in [0.15, 0.2) is 15.0 Å². The van der Waals surface area contributed by atoms with Crippen molar-refractivity contribution < 1.29 is 13.2 Å². The highest BCUT2D eigenvalue weighted by Gasteiger charge is 2.44. The molecule has 2 heterocycles. The Morgan fingerprint density at radius 3 is 2.52 bits per heavy atom. The molecule has 29 heavy (non-hydrogen) atoms. The van der Waals surface area contributed by atoms with Crippen molar-refractivity contribution in [2.45, 2.75) is 24.8 Å². The number of aliphatic imine (C=N–C) groups is 1. The number of sulfone groups is 1. The summed E-state index contributed by atoms with van der Waals surface area (Å²) in [6.07, 6.45) is 0. The van der Waals surface area contributed by atoms with Gasteiger partial charge in [-0.1, -0.05) is 23.9 Å². The fraction of sp³-hybridized carbons (Fsp3) is 0.333. The van der Waals surface area contributed by atoms with E-state index < -0.39 is 9.84 Å². The highest BCUT2D eigenvalue weighted by Crippen LogP contribution is 2.37. The summed E-state index contributed by atoms with van der Waals surface area (Å²) in [5.74, 6) is 1.12. The molecule has 4 rings (SSSR count). The van der Waals surface area contributed by atoms with E-state index in [9.17, 15) is 8.42 Å². The van der Waals surface area contributed by atoms with Crippen LogP contribution in [0.15, 0.2) is 53.5 Å². The van der Waals surface area contributed by atoms with E-state index in [1.54, 1.807) is 23.9 Å². The summed E-state index contributed by atoms with van der Waals surface area (Å²) in [5.41, 5.74) is 2.63. The van der Waals surface area contributed by atoms with E-state index in [4.69, 9.17) is 15.0 Å². The first-order valence-electron chi connectivity index (χ1n) is 9.42. The van der Waals surface area contributed by atoms with Gasteiger partial charge < -0.3 is 9.64 Å². The minimum absolute atomic E-state index is 0.0128. The van der Waals surface area contributed by atoms with E-state index in [0.29, 0.717) is 18.7 Å². The summed E-state index contributed by atoms with van der Waals surface area (Å²) in [7, 11) is -2.99. The molecule has 0 saturated carbocycles. The number of benzene rings is 2. The van der Waals surface area contributed by atoms with Crippen LogP contribution in [0.5, 0.6) is 5.75 Å². The molecule has 0 radical (unpaired) electrons. The molecule has 2 aromatic rings. The maximum absolute atomic E-state index is 11.9. The van der Waals surface area contributed by atoms with Crippen molar-refractivity contribution >= 4 is 32.5 Å². The first-order chi connectivity index (χ1) is 14.0. The Hall–Kier alpha value is -2.50. The average Bonchev–Trinajstić information content (AvgIpc) is 3.21. The molecule has 150 valence electrons. The molecule has 1 fully saturated rings. The smallest absolute Gasteiger partial charge is 0.164 e. The normalized spacial score (nSPS) is 21.9. The number of nitriles is 1. The van der Waals surface area contributed by atoms with E-state index in [1.165, 1.54) is 0 Å². The van der Waals surface area contributed by atoms with Gasteiger partial charge in [-0.25, -0.2) is 8.42 Å². The Morgan fingerprint density at radius 2 is 1.90 bits per heavy atom. The lowest BCUT2D eigenvalue weighted by molar-refractivity contribution is 0.340. The molecular weight excluding hydrogens is 406 g/mol. The molecule has 2 aliphatic heterocycles. The number of hydrogen-bond donors (Lipinski definition) is 0. The van der Waals surface area contributed by atoms with E-state index in [0.717, 1.165) is 22.2 Å². The Balaban J connectivity index is 1.63. The molecule has 0 spiro atoms. The number of ether oxygens (including phenoxy) is 1. The molecule has 6 nitrogen and oxygen atoms in total. The number of fused-ring (bicyclic) bond motifs is 1. The molecule has 8 heteroatoms. The number of nitrogens with zero attached hydrogens (tertiary/aromatic N) is 3. The lowest BCUT2D eigenvalue weighted by Crippen LogP contribution is -2.28. The van der Waals surface area contributed by atoms with Gasteiger partial charge in [-0.05, 0) is 48.9 Å². The van der Waals surface area contributed by atoms with Gasteiger partial charge in [0.25, 0.3) is 0 Å². The lowest BCUT2D eigenvalue weighted by atomic mass is 10.1. The van der Waals surface area contributed by atoms with Gasteiger partial charge in [-0.2, -0.15) is 5.26 Å². The van der Waals surface area contributed by atoms with Crippen LogP contribution in [0.2, 0.25) is 0 Å². The number of thioether (sulfide) groups is 1. The molecular formula is C21H21N3O3S2. The molecule has 0 N–H and O–H groups in total. The number of amidine groups is 1. The highest BCUT2D eigenvalue weighted by molar-refractivity contribution is 8.15. The fourth-order valence-corrected chi connectivity index (χ4v) is 7.28. The van der Waals surface area contributed by atoms with E-state index in [2.05, 4.69) is 11.0 Å². The van der Waals surface area contributed by atoms with Gasteiger partial charge in [0.1, 0.15) is 5.75 Å². The van der Waals surface area contributed by atoms with Gasteiger partial charge in [0, 0.05) is 10.9 Å². The molecule has 1 saturated heterocycles. The van der Waals surface area contributed by atoms with Gasteiger partial charge >= 0.3 is 0 Å². The number of rotatable bonds is 5. The largest absolute Gasteiger partial charge is 0.494 e. The molecule has 2 aliphatic rings. The zero-order valence-corrected chi connectivity index (χ0v) is 17.6. The second-order valence-corrected chi connectivity index (χ2v) is 10.4. The van der Waals surface area contributed by atoms with Gasteiger partial charge in [0.2, 0.25) is 0 Å². The maximum atomic E-state index is 11.9. The second-order valence-electron chi connectivity index (χ2n) is 7.03. The lowest BCUT2D eigenvalue weighted by Gasteiger charge is -2.25. The van der Waals surface area contributed by atoms with E-state index >= 15 is 0 Å². The Kier molecular flexibility index (Phi) is 5.52. The van der Waals surface area contributed by atoms with Crippen LogP contribution >= 0.6 is 11.8 Å². The first-order valence-corrected chi connectivity index (χ1v) is 12.1. The third-order valence-corrected chi connectivity index (χ3v) is 8.17. The second kappa shape index (κ2) is 8.09. The first kappa shape index (κ1) is 19.8. The third kappa shape index (κ3) is 4.41. The standard InChI is InChI=1S/C21H21N3O3S2/c1-2-27-18-9-7-17(8-10-18)24(12-16-5-3-15(11-22)4-6-16)21-23-19-13-29(25,26)14-20(19)28-21/h3-10,19-20H,2,12-14H2,1H3. The van der Waals surface area contributed by atoms with Crippen LogP contribution in [0.25, 0.3) is 0 Å². The Labute approximate surface area is 175 Å². The van der Waals surface area contributed by atoms with Crippen LogP contribution in [0.4, 0.5) is 5.69 Å². The monoisotopic (exact) mass is 427 g/mol. The minimum Gasteiger partial charge on any atom is -0.494 e. The van der Waals surface area contributed by atoms with Gasteiger partial charge in [-0.3, -0.25) is 4.99 Å². The van der Waals surface area contributed by atoms with Crippen molar-refractivity contribution in [2.24, 2.45) is 4.99 Å². The predicted molar refractivity (Wildman–Crippen MR) is 116 cm³/mol. The van der Waals surface area contributed by atoms with Crippen molar-refractivity contribution in [3.63, 3.8) is 0 Å². The average molecular weight is 428 g/mol. The summed E-state index contributed by atoms with van der Waals surface area (Å²) in [6.45, 7) is 3.13. The van der Waals surface area contributed by atoms with Crippen LogP contribution in [-0.4, -0.2) is 43.0 Å². The fourth-order valence-electron chi connectivity index (χ4n) is 3.50. The zero-order valence-electron chi connectivity index (χ0n) is 16.0. The van der Waals surface area contributed by atoms with E-state index in [1.807, 2.05) is 43.3 Å². The SMILES string of the molecule is CCOc1ccc(N(Cc2ccc(C#N)cc2)C2=NC3CS(=O)(=O)CC3S2)cc1. The van der Waals surface area contributed by atoms with Crippen LogP contribution in [0, 0.1) is 11.3 Å². The molecule has 0 bridgehead atoms. The van der Waals surface area contributed by atoms with Crippen LogP contribution < -0.4 is 9.64 Å². The quantitative estimate of drug-likeness (QED) is 0.729. The molecule has 2 unspecified atom stereocenters. The van der Waals surface area contributed by atoms with Crippen molar-refractivity contribution in [3.8, 4) is 11.8 Å². The number of anilines is 1. The van der Waals surface area contributed by atoms with Crippen LogP contribution in [-0.2, 0) is 16.4 Å². The highest BCUT2D eigenvalue weighted by atomic mass is 32.2. The van der Waals surface area contributed by atoms with Crippen LogP contribution in [0.3, 0.4) is 0 Å².